The van der Waals surface area contributed by atoms with Crippen LogP contribution in [0.1, 0.15) is 50.3 Å². The van der Waals surface area contributed by atoms with E-state index in [1.54, 1.807) is 10.8 Å². The van der Waals surface area contributed by atoms with E-state index in [-0.39, 0.29) is 25.2 Å². The molecule has 1 aromatic carbocycles. The summed E-state index contributed by atoms with van der Waals surface area (Å²) in [5.74, 6) is -3.67. The van der Waals surface area contributed by atoms with E-state index in [0.29, 0.717) is 39.0 Å². The molecule has 8 nitrogen and oxygen atoms in total. The number of aliphatic carboxylic acids is 1. The molecule has 5 rings (SSSR count). The zero-order valence-electron chi connectivity index (χ0n) is 18.4. The van der Waals surface area contributed by atoms with Crippen LogP contribution in [0.15, 0.2) is 30.5 Å². The normalized spacial score (nSPS) is 20.4. The minimum atomic E-state index is -1.85. The molecule has 0 radical (unpaired) electrons. The highest BCUT2D eigenvalue weighted by atomic mass is 19.2. The number of rotatable bonds is 5. The number of benzene rings is 1. The first kappa shape index (κ1) is 22.0. The predicted octanol–water partition coefficient (Wildman–Crippen LogP) is 4.06. The van der Waals surface area contributed by atoms with Crippen molar-refractivity contribution >= 4 is 28.0 Å². The average molecular weight is 465 g/mol. The number of aromatic amines is 1. The van der Waals surface area contributed by atoms with E-state index in [9.17, 15) is 29.1 Å². The van der Waals surface area contributed by atoms with Crippen LogP contribution in [0.25, 0.3) is 27.8 Å². The Morgan fingerprint density at radius 3 is 2.71 bits per heavy atom. The Bertz CT molecular complexity index is 1510. The second kappa shape index (κ2) is 7.33. The number of hydrogen-bond donors (Lipinski definition) is 3. The van der Waals surface area contributed by atoms with Gasteiger partial charge in [0.05, 0.1) is 23.3 Å². The van der Waals surface area contributed by atoms with Crippen LogP contribution in [0.2, 0.25) is 0 Å². The topological polar surface area (TPSA) is 128 Å². The smallest absolute Gasteiger partial charge is 0.335 e. The zero-order valence-corrected chi connectivity index (χ0v) is 18.4. The molecule has 3 N–H and O–H groups in total. The number of nitrogens with one attached hydrogen (secondary N) is 1. The van der Waals surface area contributed by atoms with Gasteiger partial charge in [0.15, 0.2) is 22.9 Å². The van der Waals surface area contributed by atoms with Crippen LogP contribution in [0.5, 0.6) is 0 Å². The summed E-state index contributed by atoms with van der Waals surface area (Å²) < 4.78 is 29.8. The van der Waals surface area contributed by atoms with Crippen molar-refractivity contribution in [1.29, 1.82) is 5.26 Å². The molecular weight excluding hydrogens is 444 g/mol. The van der Waals surface area contributed by atoms with Gasteiger partial charge in [-0.05, 0) is 37.0 Å². The largest absolute Gasteiger partial charge is 0.479 e. The Kier molecular flexibility index (Phi) is 4.74. The van der Waals surface area contributed by atoms with Crippen LogP contribution in [0, 0.1) is 23.0 Å². The molecule has 174 valence electrons. The zero-order chi connectivity index (χ0) is 24.4. The minimum absolute atomic E-state index is 0.0302. The predicted molar refractivity (Wildman–Crippen MR) is 118 cm³/mol. The van der Waals surface area contributed by atoms with Crippen molar-refractivity contribution in [3.63, 3.8) is 0 Å². The number of aliphatic hydroxyl groups is 1. The summed E-state index contributed by atoms with van der Waals surface area (Å²) in [6.07, 6.45) is 1.64. The molecule has 0 atom stereocenters. The van der Waals surface area contributed by atoms with Crippen LogP contribution >= 0.6 is 0 Å². The molecule has 1 fully saturated rings. The number of carbonyl (C=O) groups is 1. The van der Waals surface area contributed by atoms with E-state index < -0.39 is 28.6 Å². The maximum atomic E-state index is 14.3. The number of fused-ring (bicyclic) bond motifs is 2. The number of hydrogen-bond acceptors (Lipinski definition) is 5. The van der Waals surface area contributed by atoms with Gasteiger partial charge in [-0.1, -0.05) is 13.8 Å². The molecule has 3 heterocycles. The molecule has 1 aliphatic rings. The highest BCUT2D eigenvalue weighted by Crippen LogP contribution is 2.51. The Hall–Kier alpha value is -3.84. The van der Waals surface area contributed by atoms with Gasteiger partial charge >= 0.3 is 5.97 Å². The van der Waals surface area contributed by atoms with Gasteiger partial charge in [-0.2, -0.15) is 10.4 Å². The van der Waals surface area contributed by atoms with Gasteiger partial charge in [0.1, 0.15) is 0 Å². The quantitative estimate of drug-likeness (QED) is 0.408. The highest BCUT2D eigenvalue weighted by molar-refractivity contribution is 5.94. The Morgan fingerprint density at radius 1 is 1.32 bits per heavy atom. The molecular formula is C24H21F2N5O3. The molecule has 0 saturated heterocycles. The van der Waals surface area contributed by atoms with Crippen molar-refractivity contribution in [3.8, 4) is 11.8 Å². The fraction of sp³-hybridized carbons (Fsp3) is 0.333. The number of carboxylic acids is 1. The second-order valence-electron chi connectivity index (χ2n) is 9.52. The van der Waals surface area contributed by atoms with E-state index in [2.05, 4.69) is 16.3 Å². The lowest BCUT2D eigenvalue weighted by Gasteiger charge is -2.41. The number of carboxylic acid groups (broad SMARTS) is 1. The fourth-order valence-corrected chi connectivity index (χ4v) is 4.95. The molecule has 3 aromatic heterocycles. The molecule has 34 heavy (non-hydrogen) atoms. The second-order valence-corrected chi connectivity index (χ2v) is 9.52. The van der Waals surface area contributed by atoms with Gasteiger partial charge in [0, 0.05) is 40.2 Å². The minimum Gasteiger partial charge on any atom is -0.479 e. The summed E-state index contributed by atoms with van der Waals surface area (Å²) in [4.78, 5) is 16.3. The molecule has 0 spiro atoms. The third-order valence-electron chi connectivity index (χ3n) is 6.68. The third kappa shape index (κ3) is 3.15. The standard InChI is InChI=1S/C24H21F2N5O3/c1-23(2,5-6-27)20-18(13-9-24(34,10-13)22(32)33)19-17(7-12-11-28-30-21(12)29-19)31(20)14-3-4-15(25)16(26)8-14/h3-4,7-8,11,13,34H,5,9-10H2,1-2H3,(H,32,33)(H,28,29,30)/t13-,24+. The third-order valence-corrected chi connectivity index (χ3v) is 6.68. The van der Waals surface area contributed by atoms with E-state index >= 15 is 0 Å². The van der Waals surface area contributed by atoms with Crippen LogP contribution in [0.4, 0.5) is 8.78 Å². The van der Waals surface area contributed by atoms with Crippen molar-refractivity contribution in [2.75, 3.05) is 0 Å². The number of nitrogens with zero attached hydrogens (tertiary/aromatic N) is 4. The SMILES string of the molecule is CC(C)(CC#N)c1c([C@H]2C[C@](O)(C(=O)O)C2)c2nc3[nH]ncc3cc2n1-c1ccc(F)c(F)c1. The van der Waals surface area contributed by atoms with Crippen molar-refractivity contribution in [2.45, 2.75) is 50.0 Å². The van der Waals surface area contributed by atoms with Gasteiger partial charge < -0.3 is 14.8 Å². The summed E-state index contributed by atoms with van der Waals surface area (Å²) in [5.41, 5.74) is 0.667. The Morgan fingerprint density at radius 2 is 2.06 bits per heavy atom. The molecule has 0 bridgehead atoms. The molecule has 1 saturated carbocycles. The molecule has 0 unspecified atom stereocenters. The van der Waals surface area contributed by atoms with Crippen molar-refractivity contribution < 1.29 is 23.8 Å². The number of aromatic nitrogens is 4. The van der Waals surface area contributed by atoms with Crippen molar-refractivity contribution in [2.24, 2.45) is 0 Å². The molecule has 4 aromatic rings. The molecule has 1 aliphatic carbocycles. The summed E-state index contributed by atoms with van der Waals surface area (Å²) in [5, 5.41) is 36.9. The monoisotopic (exact) mass is 465 g/mol. The van der Waals surface area contributed by atoms with Crippen molar-refractivity contribution in [3.05, 3.63) is 53.4 Å². The van der Waals surface area contributed by atoms with Gasteiger partial charge in [-0.15, -0.1) is 0 Å². The van der Waals surface area contributed by atoms with Crippen LogP contribution < -0.4 is 0 Å². The number of pyridine rings is 1. The molecule has 0 aliphatic heterocycles. The van der Waals surface area contributed by atoms with Gasteiger partial charge in [0.2, 0.25) is 0 Å². The number of H-pyrrole nitrogens is 1. The fourth-order valence-electron chi connectivity index (χ4n) is 4.95. The maximum absolute atomic E-state index is 14.3. The van der Waals surface area contributed by atoms with E-state index in [1.165, 1.54) is 6.07 Å². The van der Waals surface area contributed by atoms with Crippen molar-refractivity contribution in [1.82, 2.24) is 19.7 Å². The summed E-state index contributed by atoms with van der Waals surface area (Å²) in [6, 6.07) is 7.57. The van der Waals surface area contributed by atoms with Gasteiger partial charge in [0.25, 0.3) is 0 Å². The lowest BCUT2D eigenvalue weighted by Crippen LogP contribution is -2.49. The lowest BCUT2D eigenvalue weighted by atomic mass is 9.66. The Balaban J connectivity index is 1.87. The number of halogens is 2. The summed E-state index contributed by atoms with van der Waals surface area (Å²) >= 11 is 0. The van der Waals surface area contributed by atoms with E-state index in [0.717, 1.165) is 12.1 Å². The van der Waals surface area contributed by atoms with Crippen LogP contribution in [0.3, 0.4) is 0 Å². The average Bonchev–Trinajstić information content (AvgIpc) is 3.33. The van der Waals surface area contributed by atoms with Crippen LogP contribution in [-0.4, -0.2) is 41.5 Å². The first-order valence-corrected chi connectivity index (χ1v) is 10.7. The van der Waals surface area contributed by atoms with Gasteiger partial charge in [-0.3, -0.25) is 5.10 Å². The summed E-state index contributed by atoms with van der Waals surface area (Å²) in [7, 11) is 0. The molecule has 0 amide bonds. The lowest BCUT2D eigenvalue weighted by molar-refractivity contribution is -0.169. The first-order chi connectivity index (χ1) is 16.1. The van der Waals surface area contributed by atoms with E-state index in [1.807, 2.05) is 19.9 Å². The van der Waals surface area contributed by atoms with Gasteiger partial charge in [-0.25, -0.2) is 18.6 Å². The van der Waals surface area contributed by atoms with Crippen LogP contribution in [-0.2, 0) is 10.2 Å². The maximum Gasteiger partial charge on any atom is 0.335 e. The number of nitriles is 1. The Labute approximate surface area is 192 Å². The first-order valence-electron chi connectivity index (χ1n) is 10.7. The summed E-state index contributed by atoms with van der Waals surface area (Å²) in [6.45, 7) is 3.72. The highest BCUT2D eigenvalue weighted by Gasteiger charge is 2.52. The molecule has 10 heteroatoms. The van der Waals surface area contributed by atoms with E-state index in [4.69, 9.17) is 4.98 Å².